The number of halogens is 1. The molecule has 112 valence electrons. The topological polar surface area (TPSA) is 38.3 Å². The first kappa shape index (κ1) is 17.0. The van der Waals surface area contributed by atoms with Gasteiger partial charge in [-0.2, -0.15) is 0 Å². The van der Waals surface area contributed by atoms with Crippen LogP contribution in [0.5, 0.6) is 5.75 Å². The van der Waals surface area contributed by atoms with Crippen molar-refractivity contribution in [2.75, 3.05) is 5.33 Å². The Bertz CT molecular complexity index is 448. The molecule has 0 aliphatic heterocycles. The predicted octanol–water partition coefficient (Wildman–Crippen LogP) is 4.16. The van der Waals surface area contributed by atoms with E-state index in [0.717, 1.165) is 23.9 Å². The fourth-order valence-corrected chi connectivity index (χ4v) is 2.74. The molecule has 3 nitrogen and oxygen atoms in total. The van der Waals surface area contributed by atoms with Gasteiger partial charge in [-0.3, -0.25) is 4.79 Å². The van der Waals surface area contributed by atoms with Gasteiger partial charge in [0.25, 0.3) is 5.91 Å². The minimum atomic E-state index is -0.185. The van der Waals surface area contributed by atoms with Gasteiger partial charge in [-0.1, -0.05) is 28.9 Å². The number of rotatable bonds is 7. The summed E-state index contributed by atoms with van der Waals surface area (Å²) in [5.41, 5.74) is 0.451. The molecule has 0 radical (unpaired) electrons. The van der Waals surface area contributed by atoms with Crippen molar-refractivity contribution in [2.24, 2.45) is 0 Å². The summed E-state index contributed by atoms with van der Waals surface area (Å²) in [6.07, 6.45) is 1.90. The minimum absolute atomic E-state index is 0.0514. The third-order valence-electron chi connectivity index (χ3n) is 3.31. The average molecular weight is 342 g/mol. The number of ether oxygens (including phenoxy) is 1. The highest BCUT2D eigenvalue weighted by Gasteiger charge is 2.24. The average Bonchev–Trinajstić information content (AvgIpc) is 2.38. The Morgan fingerprint density at radius 2 is 2.15 bits per heavy atom. The Morgan fingerprint density at radius 3 is 2.70 bits per heavy atom. The van der Waals surface area contributed by atoms with Gasteiger partial charge >= 0.3 is 0 Å². The van der Waals surface area contributed by atoms with Gasteiger partial charge in [0, 0.05) is 16.4 Å². The summed E-state index contributed by atoms with van der Waals surface area (Å²) in [4.78, 5) is 12.4. The molecule has 0 aromatic heterocycles. The second-order valence-electron chi connectivity index (χ2n) is 5.50. The number of amides is 1. The van der Waals surface area contributed by atoms with Crippen molar-refractivity contribution < 1.29 is 9.53 Å². The molecule has 4 heteroatoms. The van der Waals surface area contributed by atoms with Gasteiger partial charge in [-0.25, -0.2) is 0 Å². The van der Waals surface area contributed by atoms with E-state index in [9.17, 15) is 4.79 Å². The quantitative estimate of drug-likeness (QED) is 0.756. The van der Waals surface area contributed by atoms with Crippen LogP contribution in [-0.4, -0.2) is 22.9 Å². The van der Waals surface area contributed by atoms with E-state index >= 15 is 0 Å². The summed E-state index contributed by atoms with van der Waals surface area (Å²) in [6.45, 7) is 8.09. The van der Waals surface area contributed by atoms with Crippen LogP contribution in [0.2, 0.25) is 0 Å². The third-order valence-corrected chi connectivity index (χ3v) is 3.71. The Labute approximate surface area is 130 Å². The normalized spacial score (nSPS) is 13.9. The summed E-state index contributed by atoms with van der Waals surface area (Å²) < 4.78 is 5.62. The first-order valence-electron chi connectivity index (χ1n) is 7.05. The number of benzene rings is 1. The Hall–Kier alpha value is -1.03. The lowest BCUT2D eigenvalue weighted by Gasteiger charge is -2.29. The smallest absolute Gasteiger partial charge is 0.251 e. The van der Waals surface area contributed by atoms with Gasteiger partial charge in [-0.05, 0) is 51.8 Å². The number of alkyl halides is 1. The third kappa shape index (κ3) is 5.16. The van der Waals surface area contributed by atoms with Crippen LogP contribution in [-0.2, 0) is 0 Å². The SMILES string of the molecule is CCC(C)(CCBr)NC(=O)c1cccc(OC(C)C)c1. The summed E-state index contributed by atoms with van der Waals surface area (Å²) in [5.74, 6) is 0.677. The first-order valence-corrected chi connectivity index (χ1v) is 8.17. The van der Waals surface area contributed by atoms with Gasteiger partial charge < -0.3 is 10.1 Å². The van der Waals surface area contributed by atoms with E-state index in [2.05, 4.69) is 35.1 Å². The molecule has 0 fully saturated rings. The van der Waals surface area contributed by atoms with Crippen LogP contribution in [0.15, 0.2) is 24.3 Å². The molecule has 0 bridgehead atoms. The summed E-state index contributed by atoms with van der Waals surface area (Å²) in [6, 6.07) is 7.32. The van der Waals surface area contributed by atoms with Crippen molar-refractivity contribution in [3.05, 3.63) is 29.8 Å². The molecule has 0 spiro atoms. The Balaban J connectivity index is 2.81. The molecule has 1 aromatic rings. The van der Waals surface area contributed by atoms with Crippen LogP contribution in [0.4, 0.5) is 0 Å². The van der Waals surface area contributed by atoms with Gasteiger partial charge in [0.15, 0.2) is 0 Å². The van der Waals surface area contributed by atoms with Crippen molar-refractivity contribution in [1.82, 2.24) is 5.32 Å². The molecule has 1 N–H and O–H groups in total. The van der Waals surface area contributed by atoms with Gasteiger partial charge in [0.1, 0.15) is 5.75 Å². The molecule has 0 aliphatic carbocycles. The van der Waals surface area contributed by atoms with Crippen molar-refractivity contribution in [2.45, 2.75) is 52.2 Å². The van der Waals surface area contributed by atoms with Crippen LogP contribution >= 0.6 is 15.9 Å². The summed E-state index contributed by atoms with van der Waals surface area (Å²) in [7, 11) is 0. The number of nitrogens with one attached hydrogen (secondary N) is 1. The Kier molecular flexibility index (Phi) is 6.53. The molecule has 1 rings (SSSR count). The van der Waals surface area contributed by atoms with Gasteiger partial charge in [-0.15, -0.1) is 0 Å². The fourth-order valence-electron chi connectivity index (χ4n) is 1.87. The van der Waals surface area contributed by atoms with E-state index in [-0.39, 0.29) is 17.6 Å². The molecule has 1 atom stereocenters. The number of carbonyl (C=O) groups excluding carboxylic acids is 1. The van der Waals surface area contributed by atoms with Crippen molar-refractivity contribution in [3.8, 4) is 5.75 Å². The molecular formula is C16H24BrNO2. The van der Waals surface area contributed by atoms with E-state index in [1.54, 1.807) is 6.07 Å². The van der Waals surface area contributed by atoms with E-state index in [0.29, 0.717) is 5.56 Å². The van der Waals surface area contributed by atoms with Gasteiger partial charge in [0.05, 0.1) is 6.10 Å². The summed E-state index contributed by atoms with van der Waals surface area (Å²) in [5, 5.41) is 3.99. The van der Waals surface area contributed by atoms with Crippen LogP contribution in [0.25, 0.3) is 0 Å². The lowest BCUT2D eigenvalue weighted by molar-refractivity contribution is 0.0901. The van der Waals surface area contributed by atoms with Crippen LogP contribution in [0.3, 0.4) is 0 Å². The second-order valence-corrected chi connectivity index (χ2v) is 6.29. The molecular weight excluding hydrogens is 318 g/mol. The summed E-state index contributed by atoms with van der Waals surface area (Å²) >= 11 is 3.44. The van der Waals surface area contributed by atoms with Crippen molar-refractivity contribution in [1.29, 1.82) is 0 Å². The van der Waals surface area contributed by atoms with E-state index in [4.69, 9.17) is 4.74 Å². The molecule has 0 heterocycles. The number of hydrogen-bond donors (Lipinski definition) is 1. The zero-order valence-corrected chi connectivity index (χ0v) is 14.3. The van der Waals surface area contributed by atoms with E-state index < -0.39 is 0 Å². The highest BCUT2D eigenvalue weighted by atomic mass is 79.9. The van der Waals surface area contributed by atoms with E-state index in [1.165, 1.54) is 0 Å². The predicted molar refractivity (Wildman–Crippen MR) is 86.8 cm³/mol. The molecule has 0 aliphatic rings. The molecule has 1 aromatic carbocycles. The van der Waals surface area contributed by atoms with Crippen molar-refractivity contribution >= 4 is 21.8 Å². The zero-order valence-electron chi connectivity index (χ0n) is 12.7. The maximum Gasteiger partial charge on any atom is 0.251 e. The fraction of sp³-hybridized carbons (Fsp3) is 0.562. The molecule has 0 saturated carbocycles. The maximum absolute atomic E-state index is 12.4. The van der Waals surface area contributed by atoms with E-state index in [1.807, 2.05) is 32.0 Å². The molecule has 0 saturated heterocycles. The minimum Gasteiger partial charge on any atom is -0.491 e. The number of carbonyl (C=O) groups is 1. The lowest BCUT2D eigenvalue weighted by atomic mass is 9.95. The lowest BCUT2D eigenvalue weighted by Crippen LogP contribution is -2.45. The van der Waals surface area contributed by atoms with Gasteiger partial charge in [0.2, 0.25) is 0 Å². The van der Waals surface area contributed by atoms with Crippen molar-refractivity contribution in [3.63, 3.8) is 0 Å². The second kappa shape index (κ2) is 7.67. The largest absolute Gasteiger partial charge is 0.491 e. The molecule has 20 heavy (non-hydrogen) atoms. The number of hydrogen-bond acceptors (Lipinski definition) is 2. The standard InChI is InChI=1S/C16H24BrNO2/c1-5-16(4,9-10-17)18-15(19)13-7-6-8-14(11-13)20-12(2)3/h6-8,11-12H,5,9-10H2,1-4H3,(H,18,19). The van der Waals surface area contributed by atoms with Crippen LogP contribution in [0.1, 0.15) is 50.9 Å². The zero-order chi connectivity index (χ0) is 15.2. The highest BCUT2D eigenvalue weighted by Crippen LogP contribution is 2.19. The van der Waals surface area contributed by atoms with Crippen LogP contribution in [0, 0.1) is 0 Å². The van der Waals surface area contributed by atoms with Crippen LogP contribution < -0.4 is 10.1 Å². The maximum atomic E-state index is 12.4. The monoisotopic (exact) mass is 341 g/mol. The first-order chi connectivity index (χ1) is 9.40. The highest BCUT2D eigenvalue weighted by molar-refractivity contribution is 9.09. The molecule has 1 amide bonds. The Morgan fingerprint density at radius 1 is 1.45 bits per heavy atom. The molecule has 1 unspecified atom stereocenters.